The molecule has 6 nitrogen and oxygen atoms in total. The summed E-state index contributed by atoms with van der Waals surface area (Å²) in [6.45, 7) is 4.03. The summed E-state index contributed by atoms with van der Waals surface area (Å²) in [6.07, 6.45) is 4.02. The van der Waals surface area contributed by atoms with E-state index in [2.05, 4.69) is 15.6 Å². The van der Waals surface area contributed by atoms with Crippen molar-refractivity contribution in [1.29, 1.82) is 0 Å². The highest BCUT2D eigenvalue weighted by Crippen LogP contribution is 2.16. The standard InChI is InChI=1S/C20H25N3O3/c1-20(2,19(25)23-14-16-7-5-10-21-13-16)18(24)22-11-9-15-6-4-8-17(12-15)26-3/h4-8,10,12-13H,9,11,14H2,1-3H3,(H,22,24)(H,23,25). The Bertz CT molecular complexity index is 745. The molecule has 0 aliphatic heterocycles. The minimum absolute atomic E-state index is 0.302. The summed E-state index contributed by atoms with van der Waals surface area (Å²) in [4.78, 5) is 28.8. The summed E-state index contributed by atoms with van der Waals surface area (Å²) in [6, 6.07) is 11.4. The highest BCUT2D eigenvalue weighted by atomic mass is 16.5. The van der Waals surface area contributed by atoms with Crippen LogP contribution in [-0.2, 0) is 22.6 Å². The van der Waals surface area contributed by atoms with Gasteiger partial charge in [0.25, 0.3) is 0 Å². The number of carbonyl (C=O) groups excluding carboxylic acids is 2. The molecule has 1 aromatic heterocycles. The van der Waals surface area contributed by atoms with Crippen LogP contribution in [0, 0.1) is 5.41 Å². The van der Waals surface area contributed by atoms with Gasteiger partial charge in [0, 0.05) is 25.5 Å². The van der Waals surface area contributed by atoms with E-state index in [9.17, 15) is 9.59 Å². The van der Waals surface area contributed by atoms with E-state index in [-0.39, 0.29) is 11.8 Å². The van der Waals surface area contributed by atoms with Gasteiger partial charge in [0.15, 0.2) is 0 Å². The molecule has 2 aromatic rings. The lowest BCUT2D eigenvalue weighted by atomic mass is 9.91. The molecule has 0 unspecified atom stereocenters. The van der Waals surface area contributed by atoms with Crippen molar-refractivity contribution in [2.75, 3.05) is 13.7 Å². The summed E-state index contributed by atoms with van der Waals surface area (Å²) >= 11 is 0. The fourth-order valence-corrected chi connectivity index (χ4v) is 2.38. The van der Waals surface area contributed by atoms with Crippen molar-refractivity contribution in [2.45, 2.75) is 26.8 Å². The second-order valence-corrected chi connectivity index (χ2v) is 6.53. The smallest absolute Gasteiger partial charge is 0.235 e. The summed E-state index contributed by atoms with van der Waals surface area (Å²) < 4.78 is 5.19. The maximum Gasteiger partial charge on any atom is 0.235 e. The Balaban J connectivity index is 1.83. The summed E-state index contributed by atoms with van der Waals surface area (Å²) in [7, 11) is 1.62. The first-order valence-corrected chi connectivity index (χ1v) is 8.52. The Morgan fingerprint density at radius 1 is 1.08 bits per heavy atom. The first-order valence-electron chi connectivity index (χ1n) is 8.52. The molecule has 0 aliphatic carbocycles. The van der Waals surface area contributed by atoms with Crippen molar-refractivity contribution < 1.29 is 14.3 Å². The quantitative estimate of drug-likeness (QED) is 0.711. The lowest BCUT2D eigenvalue weighted by Gasteiger charge is -2.22. The lowest BCUT2D eigenvalue weighted by molar-refractivity contribution is -0.141. The van der Waals surface area contributed by atoms with Gasteiger partial charge in [0.1, 0.15) is 11.2 Å². The Kier molecular flexibility index (Phi) is 6.72. The number of rotatable bonds is 8. The first-order chi connectivity index (χ1) is 12.4. The number of pyridine rings is 1. The lowest BCUT2D eigenvalue weighted by Crippen LogP contribution is -2.48. The molecule has 138 valence electrons. The topological polar surface area (TPSA) is 80.3 Å². The van der Waals surface area contributed by atoms with Crippen molar-refractivity contribution in [1.82, 2.24) is 15.6 Å². The van der Waals surface area contributed by atoms with Crippen LogP contribution in [0.4, 0.5) is 0 Å². The van der Waals surface area contributed by atoms with E-state index >= 15 is 0 Å². The van der Waals surface area contributed by atoms with Crippen LogP contribution >= 0.6 is 0 Å². The normalized spacial score (nSPS) is 10.9. The number of methoxy groups -OCH3 is 1. The van der Waals surface area contributed by atoms with E-state index in [1.165, 1.54) is 0 Å². The van der Waals surface area contributed by atoms with Crippen molar-refractivity contribution in [2.24, 2.45) is 5.41 Å². The highest BCUT2D eigenvalue weighted by Gasteiger charge is 2.35. The van der Waals surface area contributed by atoms with Gasteiger partial charge in [-0.1, -0.05) is 18.2 Å². The molecular formula is C20H25N3O3. The summed E-state index contributed by atoms with van der Waals surface area (Å²) in [5.74, 6) is 0.160. The molecule has 2 amide bonds. The van der Waals surface area contributed by atoms with Crippen molar-refractivity contribution in [3.05, 3.63) is 59.9 Å². The Labute approximate surface area is 154 Å². The molecule has 0 fully saturated rings. The third-order valence-electron chi connectivity index (χ3n) is 4.14. The van der Waals surface area contributed by atoms with Gasteiger partial charge >= 0.3 is 0 Å². The third kappa shape index (κ3) is 5.31. The predicted molar refractivity (Wildman–Crippen MR) is 99.6 cm³/mol. The van der Waals surface area contributed by atoms with Crippen molar-refractivity contribution >= 4 is 11.8 Å². The van der Waals surface area contributed by atoms with E-state index in [4.69, 9.17) is 4.74 Å². The van der Waals surface area contributed by atoms with E-state index in [1.807, 2.05) is 30.3 Å². The number of hydrogen-bond acceptors (Lipinski definition) is 4. The molecule has 1 aromatic carbocycles. The van der Waals surface area contributed by atoms with Crippen LogP contribution in [-0.4, -0.2) is 30.5 Å². The Morgan fingerprint density at radius 3 is 2.50 bits per heavy atom. The molecule has 26 heavy (non-hydrogen) atoms. The SMILES string of the molecule is COc1cccc(CCNC(=O)C(C)(C)C(=O)NCc2cccnc2)c1. The molecule has 0 saturated carbocycles. The van der Waals surface area contributed by atoms with E-state index < -0.39 is 5.41 Å². The third-order valence-corrected chi connectivity index (χ3v) is 4.14. The first kappa shape index (κ1) is 19.4. The van der Waals surface area contributed by atoms with Gasteiger partial charge in [-0.3, -0.25) is 14.6 Å². The number of carbonyl (C=O) groups is 2. The van der Waals surface area contributed by atoms with Gasteiger partial charge in [0.05, 0.1) is 7.11 Å². The van der Waals surface area contributed by atoms with Gasteiger partial charge in [-0.05, 0) is 49.6 Å². The molecule has 0 aliphatic rings. The summed E-state index contributed by atoms with van der Waals surface area (Å²) in [5, 5.41) is 5.62. The molecular weight excluding hydrogens is 330 g/mol. The minimum atomic E-state index is -1.16. The van der Waals surface area contributed by atoms with Crippen LogP contribution in [0.25, 0.3) is 0 Å². The average molecular weight is 355 g/mol. The average Bonchev–Trinajstić information content (AvgIpc) is 2.66. The molecule has 0 spiro atoms. The summed E-state index contributed by atoms with van der Waals surface area (Å²) in [5.41, 5.74) is 0.787. The Hall–Kier alpha value is -2.89. The number of aromatic nitrogens is 1. The Morgan fingerprint density at radius 2 is 1.81 bits per heavy atom. The van der Waals surface area contributed by atoms with Gasteiger partial charge in [-0.15, -0.1) is 0 Å². The number of benzene rings is 1. The maximum atomic E-state index is 12.4. The van der Waals surface area contributed by atoms with Crippen LogP contribution in [0.5, 0.6) is 5.75 Å². The molecule has 6 heteroatoms. The second kappa shape index (κ2) is 8.99. The number of amides is 2. The zero-order chi connectivity index (χ0) is 19.0. The van der Waals surface area contributed by atoms with Crippen molar-refractivity contribution in [3.8, 4) is 5.75 Å². The van der Waals surface area contributed by atoms with E-state index in [0.29, 0.717) is 19.5 Å². The van der Waals surface area contributed by atoms with Crippen LogP contribution in [0.1, 0.15) is 25.0 Å². The number of nitrogens with zero attached hydrogens (tertiary/aromatic N) is 1. The van der Waals surface area contributed by atoms with Crippen LogP contribution in [0.3, 0.4) is 0 Å². The van der Waals surface area contributed by atoms with E-state index in [1.54, 1.807) is 39.4 Å². The van der Waals surface area contributed by atoms with Gasteiger partial charge in [-0.25, -0.2) is 0 Å². The van der Waals surface area contributed by atoms with Gasteiger partial charge in [-0.2, -0.15) is 0 Å². The molecule has 1 heterocycles. The number of nitrogens with one attached hydrogen (secondary N) is 2. The van der Waals surface area contributed by atoms with Crippen LogP contribution in [0.2, 0.25) is 0 Å². The fraction of sp³-hybridized carbons (Fsp3) is 0.350. The van der Waals surface area contributed by atoms with Crippen molar-refractivity contribution in [3.63, 3.8) is 0 Å². The molecule has 2 rings (SSSR count). The largest absolute Gasteiger partial charge is 0.497 e. The minimum Gasteiger partial charge on any atom is -0.497 e. The zero-order valence-corrected chi connectivity index (χ0v) is 15.4. The van der Waals surface area contributed by atoms with Gasteiger partial charge < -0.3 is 15.4 Å². The molecule has 0 saturated heterocycles. The molecule has 0 bridgehead atoms. The maximum absolute atomic E-state index is 12.4. The monoisotopic (exact) mass is 355 g/mol. The predicted octanol–water partition coefficient (Wildman–Crippen LogP) is 2.09. The van der Waals surface area contributed by atoms with Crippen LogP contribution < -0.4 is 15.4 Å². The molecule has 0 radical (unpaired) electrons. The van der Waals surface area contributed by atoms with Gasteiger partial charge in [0.2, 0.25) is 11.8 Å². The number of ether oxygens (including phenoxy) is 1. The number of hydrogen-bond donors (Lipinski definition) is 2. The van der Waals surface area contributed by atoms with E-state index in [0.717, 1.165) is 16.9 Å². The zero-order valence-electron chi connectivity index (χ0n) is 15.4. The second-order valence-electron chi connectivity index (χ2n) is 6.53. The molecule has 0 atom stereocenters. The fourth-order valence-electron chi connectivity index (χ4n) is 2.38. The molecule has 2 N–H and O–H groups in total. The van der Waals surface area contributed by atoms with Crippen LogP contribution in [0.15, 0.2) is 48.8 Å². The highest BCUT2D eigenvalue weighted by molar-refractivity contribution is 6.04.